The summed E-state index contributed by atoms with van der Waals surface area (Å²) < 4.78 is 7.92. The molecule has 0 saturated carbocycles. The minimum absolute atomic E-state index is 0.0333. The van der Waals surface area contributed by atoms with E-state index in [9.17, 15) is 24.6 Å². The van der Waals surface area contributed by atoms with E-state index in [0.717, 1.165) is 5.52 Å². The second-order valence-electron chi connectivity index (χ2n) is 10.3. The first-order valence-corrected chi connectivity index (χ1v) is 13.0. The molecular weight excluding hydrogens is 502 g/mol. The Morgan fingerprint density at radius 3 is 2.67 bits per heavy atom. The maximum absolute atomic E-state index is 14.5. The maximum Gasteiger partial charge on any atom is 0.310 e. The molecule has 3 aromatic rings. The summed E-state index contributed by atoms with van der Waals surface area (Å²) >= 11 is 0. The van der Waals surface area contributed by atoms with E-state index in [4.69, 9.17) is 4.74 Å². The zero-order valence-electron chi connectivity index (χ0n) is 21.2. The predicted molar refractivity (Wildman–Crippen MR) is 138 cm³/mol. The highest BCUT2D eigenvalue weighted by molar-refractivity contribution is 5.98. The number of carbonyl (C=O) groups excluding carboxylic acids is 2. The normalized spacial score (nSPS) is 28.0. The third-order valence-corrected chi connectivity index (χ3v) is 8.34. The summed E-state index contributed by atoms with van der Waals surface area (Å²) in [4.78, 5) is 43.8. The van der Waals surface area contributed by atoms with Gasteiger partial charge in [0.1, 0.15) is 23.8 Å². The molecular formula is C28H29N5O6. The van der Waals surface area contributed by atoms with Crippen molar-refractivity contribution < 1.29 is 29.3 Å². The number of carbonyl (C=O) groups is 3. The quantitative estimate of drug-likeness (QED) is 0.397. The lowest BCUT2D eigenvalue weighted by Crippen LogP contribution is -2.57. The monoisotopic (exact) mass is 531 g/mol. The maximum atomic E-state index is 14.5. The molecule has 3 fully saturated rings. The molecule has 2 unspecified atom stereocenters. The Morgan fingerprint density at radius 1 is 1.21 bits per heavy atom. The number of hydrogen-bond donors (Lipinski definition) is 2. The predicted octanol–water partition coefficient (Wildman–Crippen LogP) is 1.60. The van der Waals surface area contributed by atoms with Gasteiger partial charge in [0, 0.05) is 6.54 Å². The Labute approximate surface area is 224 Å². The van der Waals surface area contributed by atoms with Crippen molar-refractivity contribution in [3.8, 4) is 0 Å². The third kappa shape index (κ3) is 3.75. The van der Waals surface area contributed by atoms with Gasteiger partial charge in [0.05, 0.1) is 36.1 Å². The van der Waals surface area contributed by atoms with Crippen molar-refractivity contribution in [1.82, 2.24) is 24.8 Å². The molecule has 11 heteroatoms. The van der Waals surface area contributed by atoms with Gasteiger partial charge in [0.2, 0.25) is 11.8 Å². The van der Waals surface area contributed by atoms with Crippen molar-refractivity contribution in [2.24, 2.45) is 11.8 Å². The minimum atomic E-state index is -1.31. The number of carboxylic acids is 1. The highest BCUT2D eigenvalue weighted by Crippen LogP contribution is 2.59. The molecule has 3 saturated heterocycles. The van der Waals surface area contributed by atoms with Crippen molar-refractivity contribution in [2.75, 3.05) is 13.2 Å². The topological polar surface area (TPSA) is 138 Å². The molecule has 6 atom stereocenters. The van der Waals surface area contributed by atoms with E-state index in [1.165, 1.54) is 9.80 Å². The number of fused-ring (bicyclic) bond motifs is 2. The van der Waals surface area contributed by atoms with Crippen molar-refractivity contribution in [3.05, 3.63) is 72.8 Å². The third-order valence-electron chi connectivity index (χ3n) is 8.34. The van der Waals surface area contributed by atoms with Crippen LogP contribution in [0, 0.1) is 11.8 Å². The number of likely N-dealkylation sites (tertiary alicyclic amines) is 1. The van der Waals surface area contributed by atoms with E-state index in [1.807, 2.05) is 30.3 Å². The summed E-state index contributed by atoms with van der Waals surface area (Å²) in [7, 11) is 0. The van der Waals surface area contributed by atoms with Gasteiger partial charge in [0.15, 0.2) is 0 Å². The molecule has 2 N–H and O–H groups in total. The second-order valence-corrected chi connectivity index (χ2v) is 10.3. The first-order valence-electron chi connectivity index (χ1n) is 13.0. The Morgan fingerprint density at radius 2 is 1.95 bits per heavy atom. The summed E-state index contributed by atoms with van der Waals surface area (Å²) in [6, 6.07) is 14.3. The number of benzene rings is 2. The zero-order chi connectivity index (χ0) is 27.3. The smallest absolute Gasteiger partial charge is 0.310 e. The lowest BCUT2D eigenvalue weighted by Gasteiger charge is -2.39. The van der Waals surface area contributed by atoms with Crippen LogP contribution in [-0.4, -0.2) is 83.7 Å². The van der Waals surface area contributed by atoms with Crippen molar-refractivity contribution in [1.29, 1.82) is 0 Å². The van der Waals surface area contributed by atoms with Gasteiger partial charge < -0.3 is 24.7 Å². The number of carboxylic acid groups (broad SMARTS) is 1. The van der Waals surface area contributed by atoms with E-state index in [2.05, 4.69) is 16.9 Å². The second kappa shape index (κ2) is 9.58. The van der Waals surface area contributed by atoms with Crippen LogP contribution in [0.2, 0.25) is 0 Å². The number of aliphatic carboxylic acids is 1. The van der Waals surface area contributed by atoms with Crippen LogP contribution in [0.25, 0.3) is 11.0 Å². The SMILES string of the molecule is C=CCN(Cn1nnc2ccccc21)C(=O)C1N([C@H](CO)c2ccccc2)C(=O)[C@@H]2[C@H](C(=O)O)[C@@H]3CCC12O3. The van der Waals surface area contributed by atoms with E-state index < -0.39 is 60.0 Å². The fourth-order valence-electron chi connectivity index (χ4n) is 6.75. The van der Waals surface area contributed by atoms with Crippen LogP contribution in [0.1, 0.15) is 24.4 Å². The van der Waals surface area contributed by atoms with Crippen molar-refractivity contribution >= 4 is 28.8 Å². The number of hydrogen-bond acceptors (Lipinski definition) is 7. The van der Waals surface area contributed by atoms with Crippen molar-refractivity contribution in [3.63, 3.8) is 0 Å². The first-order chi connectivity index (χ1) is 18.9. The highest BCUT2D eigenvalue weighted by atomic mass is 16.5. The molecule has 1 aromatic heterocycles. The zero-order valence-corrected chi connectivity index (χ0v) is 21.2. The molecule has 3 aliphatic rings. The molecule has 11 nitrogen and oxygen atoms in total. The van der Waals surface area contributed by atoms with E-state index in [-0.39, 0.29) is 13.2 Å². The van der Waals surface area contributed by atoms with Crippen LogP contribution in [0.4, 0.5) is 0 Å². The van der Waals surface area contributed by atoms with Crippen molar-refractivity contribution in [2.45, 2.75) is 43.3 Å². The van der Waals surface area contributed by atoms with E-state index in [0.29, 0.717) is 23.9 Å². The standard InChI is InChI=1S/C28H29N5O6/c1-2-14-31(16-32-19-11-7-6-10-18(19)29-30-32)26(36)24-28-13-12-21(39-28)22(27(37)38)23(28)25(35)33(24)20(15-34)17-8-4-3-5-9-17/h2-11,20-24,34H,1,12-16H2,(H,37,38)/t20-,21+,22-,23+,24?,28?/m1/s1. The molecule has 0 radical (unpaired) electrons. The first kappa shape index (κ1) is 25.2. The molecule has 1 spiro atoms. The summed E-state index contributed by atoms with van der Waals surface area (Å²) in [6.45, 7) is 3.55. The molecule has 202 valence electrons. The lowest BCUT2D eigenvalue weighted by atomic mass is 9.70. The fourth-order valence-corrected chi connectivity index (χ4v) is 6.75. The lowest BCUT2D eigenvalue weighted by molar-refractivity contribution is -0.154. The molecule has 6 rings (SSSR count). The number of nitrogens with zero attached hydrogens (tertiary/aromatic N) is 5. The van der Waals surface area contributed by atoms with Crippen LogP contribution in [0.3, 0.4) is 0 Å². The molecule has 2 bridgehead atoms. The fraction of sp³-hybridized carbons (Fsp3) is 0.393. The van der Waals surface area contributed by atoms with Gasteiger partial charge in [-0.05, 0) is 30.5 Å². The Balaban J connectivity index is 1.44. The number of aromatic nitrogens is 3. The van der Waals surface area contributed by atoms with Crippen LogP contribution < -0.4 is 0 Å². The molecule has 3 aliphatic heterocycles. The van der Waals surface area contributed by atoms with Gasteiger partial charge >= 0.3 is 5.97 Å². The minimum Gasteiger partial charge on any atom is -0.481 e. The summed E-state index contributed by atoms with van der Waals surface area (Å²) in [5.74, 6) is -4.13. The largest absolute Gasteiger partial charge is 0.481 e. The number of ether oxygens (including phenoxy) is 1. The number of amides is 2. The Hall–Kier alpha value is -4.09. The van der Waals surface area contributed by atoms with E-state index >= 15 is 0 Å². The summed E-state index contributed by atoms with van der Waals surface area (Å²) in [5, 5.41) is 29.0. The number of aliphatic hydroxyl groups excluding tert-OH is 1. The molecule has 4 heterocycles. The number of aliphatic hydroxyl groups is 1. The number of para-hydroxylation sites is 1. The van der Waals surface area contributed by atoms with Gasteiger partial charge in [-0.15, -0.1) is 11.7 Å². The van der Waals surface area contributed by atoms with Gasteiger partial charge in [-0.1, -0.05) is 53.8 Å². The Kier molecular flexibility index (Phi) is 6.19. The highest BCUT2D eigenvalue weighted by Gasteiger charge is 2.75. The molecule has 39 heavy (non-hydrogen) atoms. The molecule has 0 aliphatic carbocycles. The van der Waals surface area contributed by atoms with E-state index in [1.54, 1.807) is 35.0 Å². The van der Waals surface area contributed by atoms with Crippen LogP contribution in [0.5, 0.6) is 0 Å². The van der Waals surface area contributed by atoms with Crippen LogP contribution >= 0.6 is 0 Å². The van der Waals surface area contributed by atoms with Gasteiger partial charge in [-0.25, -0.2) is 4.68 Å². The van der Waals surface area contributed by atoms with Crippen LogP contribution in [0.15, 0.2) is 67.3 Å². The average Bonchev–Trinajstić information content (AvgIpc) is 3.69. The van der Waals surface area contributed by atoms with Crippen LogP contribution in [-0.2, 0) is 25.8 Å². The molecule has 2 aromatic carbocycles. The summed E-state index contributed by atoms with van der Waals surface area (Å²) in [6.07, 6.45) is 1.74. The Bertz CT molecular complexity index is 1440. The van der Waals surface area contributed by atoms with Gasteiger partial charge in [-0.2, -0.15) is 0 Å². The summed E-state index contributed by atoms with van der Waals surface area (Å²) in [5.41, 5.74) is 0.734. The van der Waals surface area contributed by atoms with Gasteiger partial charge in [0.25, 0.3) is 0 Å². The van der Waals surface area contributed by atoms with Gasteiger partial charge in [-0.3, -0.25) is 14.4 Å². The average molecular weight is 532 g/mol. The number of rotatable bonds is 9. The molecule has 2 amide bonds.